The second-order valence-electron chi connectivity index (χ2n) is 5.41. The molecule has 0 saturated carbocycles. The van der Waals surface area contributed by atoms with Gasteiger partial charge in [0.2, 0.25) is 17.7 Å². The predicted octanol–water partition coefficient (Wildman–Crippen LogP) is -2.27. The average Bonchev–Trinajstić information content (AvgIpc) is 2.54. The first-order chi connectivity index (χ1) is 12.1. The van der Waals surface area contributed by atoms with Crippen molar-refractivity contribution in [3.8, 4) is 0 Å². The number of hydrogen-bond donors (Lipinski definition) is 6. The van der Waals surface area contributed by atoms with Crippen LogP contribution in [0.4, 0.5) is 0 Å². The molecule has 0 heterocycles. The topological polar surface area (TPSA) is 188 Å². The summed E-state index contributed by atoms with van der Waals surface area (Å²) in [7, 11) is 0. The lowest BCUT2D eigenvalue weighted by Crippen LogP contribution is -2.54. The van der Waals surface area contributed by atoms with Gasteiger partial charge >= 0.3 is 11.9 Å². The van der Waals surface area contributed by atoms with Crippen molar-refractivity contribution in [2.75, 3.05) is 18.6 Å². The number of thioether (sulfide) groups is 1. The van der Waals surface area contributed by atoms with Gasteiger partial charge in [0.1, 0.15) is 12.1 Å². The van der Waals surface area contributed by atoms with Crippen LogP contribution in [0.1, 0.15) is 19.8 Å². The summed E-state index contributed by atoms with van der Waals surface area (Å²) < 4.78 is 0. The third-order valence-corrected chi connectivity index (χ3v) is 3.74. The molecule has 0 fully saturated rings. The fourth-order valence-corrected chi connectivity index (χ4v) is 2.20. The van der Waals surface area contributed by atoms with Crippen LogP contribution >= 0.6 is 11.8 Å². The smallest absolute Gasteiger partial charge is 0.326 e. The highest BCUT2D eigenvalue weighted by Crippen LogP contribution is 2.03. The maximum absolute atomic E-state index is 12.2. The Bertz CT molecular complexity index is 541. The van der Waals surface area contributed by atoms with E-state index in [1.807, 2.05) is 0 Å². The number of carboxylic acids is 2. The second kappa shape index (κ2) is 12.1. The summed E-state index contributed by atoms with van der Waals surface area (Å²) in [5, 5.41) is 24.4. The standard InChI is InChI=1S/C14H24N4O7S/c1-7(15)12(22)16-6-10(19)17-8(3-4-26-2)13(23)18-9(14(24)25)5-11(20)21/h7-9H,3-6,15H2,1-2H3,(H,16,22)(H,17,19)(H,18,23)(H,20,21)(H,24,25). The van der Waals surface area contributed by atoms with Gasteiger partial charge in [0, 0.05) is 0 Å². The molecular weight excluding hydrogens is 368 g/mol. The largest absolute Gasteiger partial charge is 0.481 e. The number of carbonyl (C=O) groups is 5. The van der Waals surface area contributed by atoms with Gasteiger partial charge in [-0.3, -0.25) is 19.2 Å². The highest BCUT2D eigenvalue weighted by atomic mass is 32.2. The van der Waals surface area contributed by atoms with Crippen LogP contribution in [0.5, 0.6) is 0 Å². The van der Waals surface area contributed by atoms with E-state index in [4.69, 9.17) is 15.9 Å². The van der Waals surface area contributed by atoms with Crippen molar-refractivity contribution in [1.29, 1.82) is 0 Å². The van der Waals surface area contributed by atoms with Crippen LogP contribution in [0, 0.1) is 0 Å². The Hall–Kier alpha value is -2.34. The molecule has 0 bridgehead atoms. The molecule has 0 aliphatic rings. The van der Waals surface area contributed by atoms with Gasteiger partial charge in [-0.1, -0.05) is 0 Å². The maximum atomic E-state index is 12.2. The first kappa shape index (κ1) is 23.7. The molecule has 3 amide bonds. The summed E-state index contributed by atoms with van der Waals surface area (Å²) in [6, 6.07) is -3.49. The van der Waals surface area contributed by atoms with Crippen LogP contribution in [0.15, 0.2) is 0 Å². The van der Waals surface area contributed by atoms with Crippen LogP contribution in [0.2, 0.25) is 0 Å². The van der Waals surface area contributed by atoms with E-state index in [0.717, 1.165) is 0 Å². The molecule has 26 heavy (non-hydrogen) atoms. The molecule has 0 rings (SSSR count). The first-order valence-electron chi connectivity index (χ1n) is 7.65. The minimum absolute atomic E-state index is 0.194. The maximum Gasteiger partial charge on any atom is 0.326 e. The SMILES string of the molecule is CSCCC(NC(=O)CNC(=O)C(C)N)C(=O)NC(CC(=O)O)C(=O)O. The lowest BCUT2D eigenvalue weighted by Gasteiger charge is -2.21. The Kier molecular flexibility index (Phi) is 11.0. The number of hydrogen-bond acceptors (Lipinski definition) is 7. The van der Waals surface area contributed by atoms with Crippen molar-refractivity contribution in [1.82, 2.24) is 16.0 Å². The second-order valence-corrected chi connectivity index (χ2v) is 6.39. The summed E-state index contributed by atoms with van der Waals surface area (Å²) in [4.78, 5) is 57.2. The summed E-state index contributed by atoms with van der Waals surface area (Å²) in [5.41, 5.74) is 5.35. The number of rotatable bonds is 12. The molecule has 0 saturated heterocycles. The van der Waals surface area contributed by atoms with Crippen LogP contribution in [0.25, 0.3) is 0 Å². The zero-order chi connectivity index (χ0) is 20.3. The van der Waals surface area contributed by atoms with Crippen molar-refractivity contribution in [2.24, 2.45) is 5.73 Å². The average molecular weight is 392 g/mol. The molecule has 0 radical (unpaired) electrons. The third-order valence-electron chi connectivity index (χ3n) is 3.09. The Morgan fingerprint density at radius 2 is 1.65 bits per heavy atom. The summed E-state index contributed by atoms with van der Waals surface area (Å²) in [5.74, 6) is -4.43. The predicted molar refractivity (Wildman–Crippen MR) is 93.4 cm³/mol. The molecule has 11 nitrogen and oxygen atoms in total. The molecule has 0 aromatic heterocycles. The van der Waals surface area contributed by atoms with E-state index in [2.05, 4.69) is 16.0 Å². The molecule has 12 heteroatoms. The van der Waals surface area contributed by atoms with Gasteiger partial charge in [-0.2, -0.15) is 11.8 Å². The van der Waals surface area contributed by atoms with Gasteiger partial charge in [0.05, 0.1) is 19.0 Å². The van der Waals surface area contributed by atoms with E-state index in [1.54, 1.807) is 6.26 Å². The molecule has 148 valence electrons. The van der Waals surface area contributed by atoms with Crippen LogP contribution < -0.4 is 21.7 Å². The van der Waals surface area contributed by atoms with E-state index in [1.165, 1.54) is 18.7 Å². The Morgan fingerprint density at radius 3 is 2.12 bits per heavy atom. The normalized spacial score (nSPS) is 13.8. The number of nitrogens with two attached hydrogens (primary N) is 1. The lowest BCUT2D eigenvalue weighted by molar-refractivity contribution is -0.147. The summed E-state index contributed by atoms with van der Waals surface area (Å²) in [6.45, 7) is 1.04. The van der Waals surface area contributed by atoms with E-state index >= 15 is 0 Å². The highest BCUT2D eigenvalue weighted by molar-refractivity contribution is 7.98. The minimum Gasteiger partial charge on any atom is -0.481 e. The van der Waals surface area contributed by atoms with Gasteiger partial charge in [-0.05, 0) is 25.4 Å². The van der Waals surface area contributed by atoms with E-state index < -0.39 is 60.8 Å². The molecule has 0 spiro atoms. The molecule has 3 atom stereocenters. The Balaban J connectivity index is 4.86. The summed E-state index contributed by atoms with van der Waals surface area (Å²) in [6.07, 6.45) is 1.18. The third kappa shape index (κ3) is 9.84. The van der Waals surface area contributed by atoms with Crippen molar-refractivity contribution in [2.45, 2.75) is 37.9 Å². The van der Waals surface area contributed by atoms with E-state index in [-0.39, 0.29) is 6.42 Å². The number of aliphatic carboxylic acids is 2. The fourth-order valence-electron chi connectivity index (χ4n) is 1.73. The van der Waals surface area contributed by atoms with Crippen molar-refractivity contribution >= 4 is 41.4 Å². The Labute approximate surface area is 154 Å². The lowest BCUT2D eigenvalue weighted by atomic mass is 10.1. The monoisotopic (exact) mass is 392 g/mol. The quantitative estimate of drug-likeness (QED) is 0.213. The van der Waals surface area contributed by atoms with Crippen molar-refractivity contribution in [3.63, 3.8) is 0 Å². The fraction of sp³-hybridized carbons (Fsp3) is 0.643. The van der Waals surface area contributed by atoms with Crippen LogP contribution in [-0.4, -0.2) is 76.6 Å². The van der Waals surface area contributed by atoms with Gasteiger partial charge in [-0.25, -0.2) is 4.79 Å². The van der Waals surface area contributed by atoms with Crippen molar-refractivity contribution in [3.05, 3.63) is 0 Å². The van der Waals surface area contributed by atoms with Gasteiger partial charge in [0.15, 0.2) is 0 Å². The van der Waals surface area contributed by atoms with Gasteiger partial charge < -0.3 is 31.9 Å². The van der Waals surface area contributed by atoms with Crippen molar-refractivity contribution < 1.29 is 34.2 Å². The van der Waals surface area contributed by atoms with E-state index in [9.17, 15) is 24.0 Å². The highest BCUT2D eigenvalue weighted by Gasteiger charge is 2.28. The number of nitrogens with one attached hydrogen (secondary N) is 3. The van der Waals surface area contributed by atoms with Crippen LogP contribution in [-0.2, 0) is 24.0 Å². The molecule has 7 N–H and O–H groups in total. The molecule has 0 aliphatic carbocycles. The zero-order valence-electron chi connectivity index (χ0n) is 14.5. The number of carbonyl (C=O) groups excluding carboxylic acids is 3. The van der Waals surface area contributed by atoms with Crippen LogP contribution in [0.3, 0.4) is 0 Å². The zero-order valence-corrected chi connectivity index (χ0v) is 15.3. The Morgan fingerprint density at radius 1 is 1.04 bits per heavy atom. The molecule has 0 aliphatic heterocycles. The van der Waals surface area contributed by atoms with E-state index in [0.29, 0.717) is 5.75 Å². The minimum atomic E-state index is -1.62. The molecule has 3 unspecified atom stereocenters. The summed E-state index contributed by atoms with van der Waals surface area (Å²) >= 11 is 1.40. The number of amides is 3. The first-order valence-corrected chi connectivity index (χ1v) is 9.04. The molecular formula is C14H24N4O7S. The van der Waals surface area contributed by atoms with Gasteiger partial charge in [-0.15, -0.1) is 0 Å². The van der Waals surface area contributed by atoms with Gasteiger partial charge in [0.25, 0.3) is 0 Å². The number of carboxylic acid groups (broad SMARTS) is 2. The molecule has 0 aromatic rings. The molecule has 0 aromatic carbocycles.